The summed E-state index contributed by atoms with van der Waals surface area (Å²) in [5, 5.41) is 9.57. The molecule has 2 fully saturated rings. The van der Waals surface area contributed by atoms with E-state index in [9.17, 15) is 9.90 Å². The summed E-state index contributed by atoms with van der Waals surface area (Å²) in [6.45, 7) is 5.64. The molecule has 2 saturated heterocycles. The quantitative estimate of drug-likeness (QED) is 0.867. The summed E-state index contributed by atoms with van der Waals surface area (Å²) < 4.78 is 0. The maximum absolute atomic E-state index is 11.6. The van der Waals surface area contributed by atoms with Crippen molar-refractivity contribution in [2.75, 3.05) is 31.1 Å². The third-order valence-corrected chi connectivity index (χ3v) is 5.73. The lowest BCUT2D eigenvalue weighted by atomic mass is 9.76. The number of H-pyrrole nitrogens is 1. The SMILES string of the molecule is CCCN1CC2(CCN(c3ncnc4nc[nH]c34)CC2)CC1C(=O)O. The van der Waals surface area contributed by atoms with E-state index >= 15 is 0 Å². The Bertz CT molecular complexity index is 767. The predicted molar refractivity (Wildman–Crippen MR) is 93.5 cm³/mol. The summed E-state index contributed by atoms with van der Waals surface area (Å²) in [7, 11) is 0. The van der Waals surface area contributed by atoms with Gasteiger partial charge < -0.3 is 15.0 Å². The van der Waals surface area contributed by atoms with E-state index in [1.54, 1.807) is 12.7 Å². The van der Waals surface area contributed by atoms with Crippen LogP contribution < -0.4 is 4.90 Å². The molecule has 0 bridgehead atoms. The third-order valence-electron chi connectivity index (χ3n) is 5.73. The van der Waals surface area contributed by atoms with Gasteiger partial charge in [-0.05, 0) is 37.6 Å². The normalized spacial score (nSPS) is 23.6. The van der Waals surface area contributed by atoms with E-state index in [0.717, 1.165) is 63.2 Å². The molecule has 8 heteroatoms. The molecule has 8 nitrogen and oxygen atoms in total. The van der Waals surface area contributed by atoms with Gasteiger partial charge in [-0.15, -0.1) is 0 Å². The molecule has 0 aromatic carbocycles. The Labute approximate surface area is 146 Å². The Balaban J connectivity index is 1.50. The van der Waals surface area contributed by atoms with E-state index in [1.165, 1.54) is 0 Å². The highest BCUT2D eigenvalue weighted by Gasteiger charge is 2.47. The van der Waals surface area contributed by atoms with E-state index in [0.29, 0.717) is 5.65 Å². The lowest BCUT2D eigenvalue weighted by Gasteiger charge is -2.39. The Morgan fingerprint density at radius 1 is 1.36 bits per heavy atom. The molecule has 2 N–H and O–H groups in total. The number of hydrogen-bond acceptors (Lipinski definition) is 6. The number of carbonyl (C=O) groups is 1. The minimum atomic E-state index is -0.678. The van der Waals surface area contributed by atoms with Gasteiger partial charge in [0.15, 0.2) is 11.5 Å². The smallest absolute Gasteiger partial charge is 0.320 e. The summed E-state index contributed by atoms with van der Waals surface area (Å²) in [6, 6.07) is -0.329. The number of piperidine rings is 1. The van der Waals surface area contributed by atoms with Gasteiger partial charge in [0.1, 0.15) is 17.9 Å². The van der Waals surface area contributed by atoms with Crippen molar-refractivity contribution in [2.45, 2.75) is 38.6 Å². The first-order valence-corrected chi connectivity index (χ1v) is 8.98. The topological polar surface area (TPSA) is 98.2 Å². The van der Waals surface area contributed by atoms with Gasteiger partial charge in [0, 0.05) is 19.6 Å². The van der Waals surface area contributed by atoms with Gasteiger partial charge >= 0.3 is 5.97 Å². The van der Waals surface area contributed by atoms with Gasteiger partial charge in [0.25, 0.3) is 0 Å². The lowest BCUT2D eigenvalue weighted by Crippen LogP contribution is -2.42. The van der Waals surface area contributed by atoms with Crippen LogP contribution in [0, 0.1) is 5.41 Å². The number of aromatic nitrogens is 4. The highest BCUT2D eigenvalue weighted by atomic mass is 16.4. The van der Waals surface area contributed by atoms with E-state index < -0.39 is 5.97 Å². The molecule has 2 aromatic rings. The fourth-order valence-corrected chi connectivity index (χ4v) is 4.46. The Hall–Kier alpha value is -2.22. The Morgan fingerprint density at radius 2 is 2.16 bits per heavy atom. The van der Waals surface area contributed by atoms with Crippen LogP contribution in [0.1, 0.15) is 32.6 Å². The molecule has 0 saturated carbocycles. The number of fused-ring (bicyclic) bond motifs is 1. The number of carboxylic acids is 1. The van der Waals surface area contributed by atoms with Crippen molar-refractivity contribution in [3.8, 4) is 0 Å². The summed E-state index contributed by atoms with van der Waals surface area (Å²) in [4.78, 5) is 32.0. The molecule has 1 unspecified atom stereocenters. The van der Waals surface area contributed by atoms with Crippen LogP contribution in [0.4, 0.5) is 5.82 Å². The van der Waals surface area contributed by atoms with Crippen molar-refractivity contribution in [1.82, 2.24) is 24.8 Å². The monoisotopic (exact) mass is 344 g/mol. The number of aliphatic carboxylic acids is 1. The van der Waals surface area contributed by atoms with Crippen LogP contribution in [-0.4, -0.2) is 68.1 Å². The predicted octanol–water partition coefficient (Wildman–Crippen LogP) is 1.51. The maximum Gasteiger partial charge on any atom is 0.320 e. The summed E-state index contributed by atoms with van der Waals surface area (Å²) in [5.41, 5.74) is 1.68. The Kier molecular flexibility index (Phi) is 4.07. The number of anilines is 1. The number of hydrogen-bond donors (Lipinski definition) is 2. The van der Waals surface area contributed by atoms with Gasteiger partial charge in [-0.3, -0.25) is 9.69 Å². The van der Waals surface area contributed by atoms with Crippen molar-refractivity contribution in [3.63, 3.8) is 0 Å². The van der Waals surface area contributed by atoms with Gasteiger partial charge in [-0.2, -0.15) is 0 Å². The number of rotatable bonds is 4. The first kappa shape index (κ1) is 16.3. The zero-order valence-corrected chi connectivity index (χ0v) is 14.5. The number of aromatic amines is 1. The standard InChI is InChI=1S/C17H24N6O2/c1-2-5-23-9-17(8-12(23)16(24)25)3-6-22(7-4-17)15-13-14(19-10-18-13)20-11-21-15/h10-12H,2-9H2,1H3,(H,24,25)(H,18,19,20,21). The minimum Gasteiger partial charge on any atom is -0.480 e. The summed E-state index contributed by atoms with van der Waals surface area (Å²) in [6.07, 6.45) is 6.95. The molecule has 0 radical (unpaired) electrons. The average Bonchev–Trinajstić information content (AvgIpc) is 3.21. The number of carboxylic acid groups (broad SMARTS) is 1. The zero-order valence-electron chi connectivity index (χ0n) is 14.5. The first-order chi connectivity index (χ1) is 12.1. The van der Waals surface area contributed by atoms with E-state index in [4.69, 9.17) is 0 Å². The summed E-state index contributed by atoms with van der Waals surface area (Å²) >= 11 is 0. The fourth-order valence-electron chi connectivity index (χ4n) is 4.46. The second kappa shape index (κ2) is 6.25. The van der Waals surface area contributed by atoms with E-state index in [-0.39, 0.29) is 11.5 Å². The van der Waals surface area contributed by atoms with Crippen molar-refractivity contribution < 1.29 is 9.90 Å². The first-order valence-electron chi connectivity index (χ1n) is 8.98. The zero-order chi connectivity index (χ0) is 17.4. The molecular formula is C17H24N6O2. The largest absolute Gasteiger partial charge is 0.480 e. The molecule has 1 atom stereocenters. The Morgan fingerprint density at radius 3 is 2.88 bits per heavy atom. The van der Waals surface area contributed by atoms with Crippen LogP contribution in [0.5, 0.6) is 0 Å². The summed E-state index contributed by atoms with van der Waals surface area (Å²) in [5.74, 6) is 0.221. The van der Waals surface area contributed by atoms with Crippen LogP contribution >= 0.6 is 0 Å². The third kappa shape index (κ3) is 2.84. The van der Waals surface area contributed by atoms with Crippen LogP contribution in [0.2, 0.25) is 0 Å². The molecule has 0 amide bonds. The number of nitrogens with zero attached hydrogens (tertiary/aromatic N) is 5. The molecule has 2 aromatic heterocycles. The molecule has 25 heavy (non-hydrogen) atoms. The molecule has 4 heterocycles. The molecule has 134 valence electrons. The van der Waals surface area contributed by atoms with Crippen LogP contribution in [0.25, 0.3) is 11.2 Å². The van der Waals surface area contributed by atoms with Crippen molar-refractivity contribution in [2.24, 2.45) is 5.41 Å². The van der Waals surface area contributed by atoms with E-state index in [2.05, 4.69) is 36.7 Å². The molecular weight excluding hydrogens is 320 g/mol. The van der Waals surface area contributed by atoms with E-state index in [1.807, 2.05) is 0 Å². The molecule has 1 spiro atoms. The second-order valence-electron chi connectivity index (χ2n) is 7.31. The number of likely N-dealkylation sites (tertiary alicyclic amines) is 1. The van der Waals surface area contributed by atoms with Gasteiger partial charge in [-0.25, -0.2) is 15.0 Å². The maximum atomic E-state index is 11.6. The second-order valence-corrected chi connectivity index (χ2v) is 7.31. The van der Waals surface area contributed by atoms with Crippen LogP contribution in [0.3, 0.4) is 0 Å². The van der Waals surface area contributed by atoms with Crippen molar-refractivity contribution in [3.05, 3.63) is 12.7 Å². The van der Waals surface area contributed by atoms with Gasteiger partial charge in [-0.1, -0.05) is 6.92 Å². The number of nitrogens with one attached hydrogen (secondary N) is 1. The highest BCUT2D eigenvalue weighted by Crippen LogP contribution is 2.44. The van der Waals surface area contributed by atoms with Gasteiger partial charge in [0.2, 0.25) is 0 Å². The molecule has 0 aliphatic carbocycles. The van der Waals surface area contributed by atoms with Crippen LogP contribution in [-0.2, 0) is 4.79 Å². The molecule has 2 aliphatic heterocycles. The lowest BCUT2D eigenvalue weighted by molar-refractivity contribution is -0.142. The molecule has 4 rings (SSSR count). The minimum absolute atomic E-state index is 0.120. The van der Waals surface area contributed by atoms with Crippen molar-refractivity contribution >= 4 is 23.0 Å². The highest BCUT2D eigenvalue weighted by molar-refractivity contribution is 5.82. The molecule has 2 aliphatic rings. The van der Waals surface area contributed by atoms with Crippen molar-refractivity contribution in [1.29, 1.82) is 0 Å². The van der Waals surface area contributed by atoms with Crippen LogP contribution in [0.15, 0.2) is 12.7 Å². The fraction of sp³-hybridized carbons (Fsp3) is 0.647. The van der Waals surface area contributed by atoms with Gasteiger partial charge in [0.05, 0.1) is 6.33 Å². The average molecular weight is 344 g/mol. The number of imidazole rings is 1.